The predicted octanol–water partition coefficient (Wildman–Crippen LogP) is 3.61. The fourth-order valence-corrected chi connectivity index (χ4v) is 3.08. The Labute approximate surface area is 112 Å². The number of hydrogen-bond acceptors (Lipinski definition) is 2. The van der Waals surface area contributed by atoms with Crippen LogP contribution in [0, 0.1) is 13.8 Å². The monoisotopic (exact) mass is 319 g/mol. The van der Waals surface area contributed by atoms with Gasteiger partial charge in [-0.2, -0.15) is 0 Å². The molecule has 0 bridgehead atoms. The Morgan fingerprint density at radius 3 is 2.12 bits per heavy atom. The quantitative estimate of drug-likeness (QED) is 0.905. The second-order valence-corrected chi connectivity index (χ2v) is 8.45. The molecule has 0 saturated carbocycles. The van der Waals surface area contributed by atoms with Crippen LogP contribution in [0.1, 0.15) is 31.9 Å². The van der Waals surface area contributed by atoms with Crippen molar-refractivity contribution in [1.82, 2.24) is 0 Å². The minimum atomic E-state index is -3.39. The second-order valence-electron chi connectivity index (χ2n) is 5.16. The summed E-state index contributed by atoms with van der Waals surface area (Å²) >= 11 is 3.39. The van der Waals surface area contributed by atoms with E-state index in [9.17, 15) is 8.42 Å². The summed E-state index contributed by atoms with van der Waals surface area (Å²) in [6.07, 6.45) is 0. The first-order valence-electron chi connectivity index (χ1n) is 5.34. The molecule has 0 fully saturated rings. The lowest BCUT2D eigenvalue weighted by Crippen LogP contribution is -2.34. The first-order chi connectivity index (χ1) is 7.54. The smallest absolute Gasteiger partial charge is 0.237 e. The molecule has 96 valence electrons. The van der Waals surface area contributed by atoms with Gasteiger partial charge in [0.1, 0.15) is 0 Å². The van der Waals surface area contributed by atoms with Crippen LogP contribution in [-0.4, -0.2) is 13.2 Å². The summed E-state index contributed by atoms with van der Waals surface area (Å²) in [5, 5.41) is 0. The minimum absolute atomic E-state index is 0.616. The van der Waals surface area contributed by atoms with E-state index >= 15 is 0 Å². The normalized spacial score (nSPS) is 12.6. The third-order valence-electron chi connectivity index (χ3n) is 2.47. The van der Waals surface area contributed by atoms with Crippen LogP contribution in [0.3, 0.4) is 0 Å². The molecule has 0 spiro atoms. The maximum atomic E-state index is 12.1. The maximum absolute atomic E-state index is 12.1. The van der Waals surface area contributed by atoms with Gasteiger partial charge in [0, 0.05) is 4.47 Å². The van der Waals surface area contributed by atoms with Crippen LogP contribution in [0.15, 0.2) is 16.6 Å². The van der Waals surface area contributed by atoms with Gasteiger partial charge in [-0.15, -0.1) is 0 Å². The SMILES string of the molecule is Cc1cc(C)c(NS(=O)(=O)C(C)(C)C)c(Br)c1. The molecule has 0 saturated heterocycles. The summed E-state index contributed by atoms with van der Waals surface area (Å²) < 4.78 is 26.7. The van der Waals surface area contributed by atoms with E-state index in [2.05, 4.69) is 20.7 Å². The van der Waals surface area contributed by atoms with Crippen molar-refractivity contribution in [3.63, 3.8) is 0 Å². The molecular weight excluding hydrogens is 302 g/mol. The van der Waals surface area contributed by atoms with E-state index in [1.807, 2.05) is 26.0 Å². The number of aryl methyl sites for hydroxylation is 2. The van der Waals surface area contributed by atoms with Gasteiger partial charge in [0.2, 0.25) is 10.0 Å². The van der Waals surface area contributed by atoms with Gasteiger partial charge in [-0.25, -0.2) is 8.42 Å². The number of sulfonamides is 1. The van der Waals surface area contributed by atoms with Crippen LogP contribution >= 0.6 is 15.9 Å². The summed E-state index contributed by atoms with van der Waals surface area (Å²) in [5.41, 5.74) is 2.61. The van der Waals surface area contributed by atoms with Gasteiger partial charge >= 0.3 is 0 Å². The van der Waals surface area contributed by atoms with Crippen molar-refractivity contribution in [3.05, 3.63) is 27.7 Å². The van der Waals surface area contributed by atoms with Gasteiger partial charge in [0.05, 0.1) is 10.4 Å². The van der Waals surface area contributed by atoms with Crippen LogP contribution in [0.2, 0.25) is 0 Å². The molecule has 5 heteroatoms. The van der Waals surface area contributed by atoms with Crippen molar-refractivity contribution in [1.29, 1.82) is 0 Å². The van der Waals surface area contributed by atoms with Crippen molar-refractivity contribution < 1.29 is 8.42 Å². The zero-order valence-corrected chi connectivity index (χ0v) is 13.2. The number of benzene rings is 1. The highest BCUT2D eigenvalue weighted by molar-refractivity contribution is 9.10. The first kappa shape index (κ1) is 14.5. The molecule has 0 atom stereocenters. The molecule has 0 amide bonds. The number of rotatable bonds is 2. The van der Waals surface area contributed by atoms with Gasteiger partial charge in [-0.3, -0.25) is 4.72 Å². The molecule has 3 nitrogen and oxygen atoms in total. The van der Waals surface area contributed by atoms with Crippen LogP contribution in [0.25, 0.3) is 0 Å². The number of halogens is 1. The summed E-state index contributed by atoms with van der Waals surface area (Å²) in [6, 6.07) is 3.85. The molecule has 17 heavy (non-hydrogen) atoms. The number of anilines is 1. The highest BCUT2D eigenvalue weighted by Gasteiger charge is 2.29. The van der Waals surface area contributed by atoms with Gasteiger partial charge in [0.15, 0.2) is 0 Å². The maximum Gasteiger partial charge on any atom is 0.237 e. The molecule has 0 aliphatic rings. The molecular formula is C12H18BrNO2S. The highest BCUT2D eigenvalue weighted by Crippen LogP contribution is 2.30. The molecule has 0 aromatic heterocycles. The molecule has 1 N–H and O–H groups in total. The highest BCUT2D eigenvalue weighted by atomic mass is 79.9. The average Bonchev–Trinajstić information content (AvgIpc) is 2.09. The molecule has 0 aliphatic heterocycles. The van der Waals surface area contributed by atoms with Crippen LogP contribution in [0.4, 0.5) is 5.69 Å². The molecule has 1 aromatic rings. The Hall–Kier alpha value is -0.550. The lowest BCUT2D eigenvalue weighted by molar-refractivity contribution is 0.566. The predicted molar refractivity (Wildman–Crippen MR) is 75.9 cm³/mol. The lowest BCUT2D eigenvalue weighted by Gasteiger charge is -2.22. The first-order valence-corrected chi connectivity index (χ1v) is 7.61. The summed E-state index contributed by atoms with van der Waals surface area (Å²) in [4.78, 5) is 0. The molecule has 0 radical (unpaired) electrons. The van der Waals surface area contributed by atoms with E-state index in [0.717, 1.165) is 15.6 Å². The topological polar surface area (TPSA) is 46.2 Å². The third-order valence-corrected chi connectivity index (χ3v) is 5.18. The molecule has 0 heterocycles. The van der Waals surface area contributed by atoms with Crippen molar-refractivity contribution in [2.75, 3.05) is 4.72 Å². The Kier molecular flexibility index (Phi) is 3.94. The summed E-state index contributed by atoms with van der Waals surface area (Å²) in [5.74, 6) is 0. The molecule has 1 aromatic carbocycles. The van der Waals surface area contributed by atoms with E-state index in [4.69, 9.17) is 0 Å². The van der Waals surface area contributed by atoms with Crippen molar-refractivity contribution in [2.45, 2.75) is 39.4 Å². The summed E-state index contributed by atoms with van der Waals surface area (Å²) in [6.45, 7) is 8.88. The lowest BCUT2D eigenvalue weighted by atomic mass is 10.1. The zero-order valence-electron chi connectivity index (χ0n) is 10.8. The fraction of sp³-hybridized carbons (Fsp3) is 0.500. The molecule has 0 unspecified atom stereocenters. The van der Waals surface area contributed by atoms with E-state index in [-0.39, 0.29) is 0 Å². The van der Waals surface area contributed by atoms with Crippen LogP contribution in [-0.2, 0) is 10.0 Å². The van der Waals surface area contributed by atoms with Crippen molar-refractivity contribution in [2.24, 2.45) is 0 Å². The largest absolute Gasteiger partial charge is 0.282 e. The van der Waals surface area contributed by atoms with E-state index in [0.29, 0.717) is 5.69 Å². The van der Waals surface area contributed by atoms with Gasteiger partial charge in [0.25, 0.3) is 0 Å². The third kappa shape index (κ3) is 3.22. The van der Waals surface area contributed by atoms with Gasteiger partial charge < -0.3 is 0 Å². The Morgan fingerprint density at radius 2 is 1.71 bits per heavy atom. The van der Waals surface area contributed by atoms with Crippen molar-refractivity contribution >= 4 is 31.6 Å². The van der Waals surface area contributed by atoms with Gasteiger partial charge in [-0.05, 0) is 67.7 Å². The van der Waals surface area contributed by atoms with Gasteiger partial charge in [-0.1, -0.05) is 6.07 Å². The Bertz CT molecular complexity index is 507. The van der Waals surface area contributed by atoms with Crippen molar-refractivity contribution in [3.8, 4) is 0 Å². The Morgan fingerprint density at radius 1 is 1.18 bits per heavy atom. The van der Waals surface area contributed by atoms with Crippen LogP contribution < -0.4 is 4.72 Å². The molecule has 1 rings (SSSR count). The van der Waals surface area contributed by atoms with E-state index < -0.39 is 14.8 Å². The van der Waals surface area contributed by atoms with E-state index in [1.165, 1.54) is 0 Å². The van der Waals surface area contributed by atoms with Crippen LogP contribution in [0.5, 0.6) is 0 Å². The molecule has 0 aliphatic carbocycles. The average molecular weight is 320 g/mol. The fourth-order valence-electron chi connectivity index (χ4n) is 1.33. The number of nitrogens with one attached hydrogen (secondary N) is 1. The second kappa shape index (κ2) is 4.61. The van der Waals surface area contributed by atoms with E-state index in [1.54, 1.807) is 20.8 Å². The number of hydrogen-bond donors (Lipinski definition) is 1. The Balaban J connectivity index is 3.22. The summed E-state index contributed by atoms with van der Waals surface area (Å²) in [7, 11) is -3.39. The zero-order chi connectivity index (χ0) is 13.4. The minimum Gasteiger partial charge on any atom is -0.282 e. The standard InChI is InChI=1S/C12H18BrNO2S/c1-8-6-9(2)11(10(13)7-8)14-17(15,16)12(3,4)5/h6-7,14H,1-5H3.